The summed E-state index contributed by atoms with van der Waals surface area (Å²) in [6.45, 7) is 1.53. The SMILES string of the molecule is O=C(O)c1ccc(-c2cc(F)ccc2OCCCOC2CCCCO2)cc1F. The third-order valence-electron chi connectivity index (χ3n) is 4.44. The minimum absolute atomic E-state index is 0.161. The van der Waals surface area contributed by atoms with Crippen LogP contribution in [0.5, 0.6) is 5.75 Å². The van der Waals surface area contributed by atoms with Crippen molar-refractivity contribution in [3.8, 4) is 16.9 Å². The average Bonchev–Trinajstić information content (AvgIpc) is 2.69. The summed E-state index contributed by atoms with van der Waals surface area (Å²) in [5.74, 6) is -2.36. The van der Waals surface area contributed by atoms with E-state index in [0.29, 0.717) is 36.5 Å². The van der Waals surface area contributed by atoms with E-state index in [9.17, 15) is 13.6 Å². The van der Waals surface area contributed by atoms with Gasteiger partial charge in [0.15, 0.2) is 6.29 Å². The summed E-state index contributed by atoms with van der Waals surface area (Å²) in [5, 5.41) is 8.94. The molecule has 0 amide bonds. The molecule has 1 atom stereocenters. The van der Waals surface area contributed by atoms with Crippen LogP contribution in [0.2, 0.25) is 0 Å². The molecule has 2 aromatic rings. The lowest BCUT2D eigenvalue weighted by Crippen LogP contribution is -2.23. The number of rotatable bonds is 8. The molecular weight excluding hydrogens is 370 g/mol. The minimum Gasteiger partial charge on any atom is -0.493 e. The van der Waals surface area contributed by atoms with E-state index in [-0.39, 0.29) is 6.29 Å². The van der Waals surface area contributed by atoms with Crippen LogP contribution >= 0.6 is 0 Å². The van der Waals surface area contributed by atoms with Crippen molar-refractivity contribution >= 4 is 5.97 Å². The summed E-state index contributed by atoms with van der Waals surface area (Å²) in [5.41, 5.74) is 0.251. The fraction of sp³-hybridized carbons (Fsp3) is 0.381. The van der Waals surface area contributed by atoms with Crippen LogP contribution in [-0.4, -0.2) is 37.2 Å². The zero-order chi connectivity index (χ0) is 19.9. The molecule has 0 saturated carbocycles. The quantitative estimate of drug-likeness (QED) is 0.663. The Morgan fingerprint density at radius 3 is 2.71 bits per heavy atom. The van der Waals surface area contributed by atoms with Crippen LogP contribution in [0.1, 0.15) is 36.0 Å². The van der Waals surface area contributed by atoms with Crippen LogP contribution < -0.4 is 4.74 Å². The lowest BCUT2D eigenvalue weighted by molar-refractivity contribution is -0.163. The maximum absolute atomic E-state index is 14.0. The fourth-order valence-electron chi connectivity index (χ4n) is 3.01. The van der Waals surface area contributed by atoms with E-state index >= 15 is 0 Å². The monoisotopic (exact) mass is 392 g/mol. The zero-order valence-electron chi connectivity index (χ0n) is 15.3. The molecule has 0 spiro atoms. The molecule has 1 saturated heterocycles. The number of halogens is 2. The van der Waals surface area contributed by atoms with E-state index in [1.807, 2.05) is 0 Å². The molecule has 2 aromatic carbocycles. The van der Waals surface area contributed by atoms with Gasteiger partial charge in [-0.1, -0.05) is 6.07 Å². The number of carboxylic acid groups (broad SMARTS) is 1. The second-order valence-electron chi connectivity index (χ2n) is 6.51. The molecular formula is C21H22F2O5. The van der Waals surface area contributed by atoms with Crippen molar-refractivity contribution in [1.29, 1.82) is 0 Å². The number of aromatic carboxylic acids is 1. The van der Waals surface area contributed by atoms with E-state index in [0.717, 1.165) is 38.0 Å². The Kier molecular flexibility index (Phi) is 6.95. The molecule has 28 heavy (non-hydrogen) atoms. The Labute approximate surface area is 161 Å². The third kappa shape index (κ3) is 5.27. The molecule has 3 rings (SSSR count). The second-order valence-corrected chi connectivity index (χ2v) is 6.51. The number of hydrogen-bond donors (Lipinski definition) is 1. The van der Waals surface area contributed by atoms with Crippen molar-refractivity contribution in [2.24, 2.45) is 0 Å². The maximum atomic E-state index is 14.0. The number of ether oxygens (including phenoxy) is 3. The highest BCUT2D eigenvalue weighted by molar-refractivity contribution is 5.89. The smallest absolute Gasteiger partial charge is 0.338 e. The first-order chi connectivity index (χ1) is 13.5. The highest BCUT2D eigenvalue weighted by Crippen LogP contribution is 2.32. The van der Waals surface area contributed by atoms with Crippen molar-refractivity contribution in [1.82, 2.24) is 0 Å². The molecule has 7 heteroatoms. The summed E-state index contributed by atoms with van der Waals surface area (Å²) < 4.78 is 44.6. The van der Waals surface area contributed by atoms with Crippen molar-refractivity contribution in [3.05, 3.63) is 53.6 Å². The average molecular weight is 392 g/mol. The van der Waals surface area contributed by atoms with Gasteiger partial charge in [-0.05, 0) is 55.2 Å². The molecule has 1 unspecified atom stereocenters. The predicted molar refractivity (Wildman–Crippen MR) is 98.4 cm³/mol. The van der Waals surface area contributed by atoms with Gasteiger partial charge in [0.2, 0.25) is 0 Å². The van der Waals surface area contributed by atoms with Crippen molar-refractivity contribution in [3.63, 3.8) is 0 Å². The van der Waals surface area contributed by atoms with Gasteiger partial charge in [0.05, 0.1) is 18.8 Å². The van der Waals surface area contributed by atoms with Crippen LogP contribution in [0.25, 0.3) is 11.1 Å². The van der Waals surface area contributed by atoms with Crippen molar-refractivity contribution in [2.75, 3.05) is 19.8 Å². The molecule has 1 aliphatic heterocycles. The first-order valence-electron chi connectivity index (χ1n) is 9.23. The summed E-state index contributed by atoms with van der Waals surface area (Å²) in [6, 6.07) is 7.61. The molecule has 1 N–H and O–H groups in total. The molecule has 1 heterocycles. The van der Waals surface area contributed by atoms with Gasteiger partial charge in [-0.15, -0.1) is 0 Å². The van der Waals surface area contributed by atoms with Gasteiger partial charge in [-0.2, -0.15) is 0 Å². The van der Waals surface area contributed by atoms with E-state index in [1.54, 1.807) is 0 Å². The Balaban J connectivity index is 1.62. The number of carbonyl (C=O) groups is 1. The van der Waals surface area contributed by atoms with E-state index in [4.69, 9.17) is 19.3 Å². The molecule has 0 aliphatic carbocycles. The first kappa shape index (κ1) is 20.2. The second kappa shape index (κ2) is 9.61. The normalized spacial score (nSPS) is 16.7. The Morgan fingerprint density at radius 2 is 2.00 bits per heavy atom. The van der Waals surface area contributed by atoms with E-state index < -0.39 is 23.2 Å². The molecule has 1 aliphatic rings. The molecule has 0 radical (unpaired) electrons. The van der Waals surface area contributed by atoms with Crippen LogP contribution in [0.4, 0.5) is 8.78 Å². The Bertz CT molecular complexity index is 818. The van der Waals surface area contributed by atoms with Crippen LogP contribution in [0.3, 0.4) is 0 Å². The summed E-state index contributed by atoms with van der Waals surface area (Å²) in [4.78, 5) is 11.0. The fourth-order valence-corrected chi connectivity index (χ4v) is 3.01. The topological polar surface area (TPSA) is 65.0 Å². The molecule has 0 bridgehead atoms. The lowest BCUT2D eigenvalue weighted by Gasteiger charge is -2.22. The summed E-state index contributed by atoms with van der Waals surface area (Å²) in [7, 11) is 0. The molecule has 0 aromatic heterocycles. The Hall–Kier alpha value is -2.51. The first-order valence-corrected chi connectivity index (χ1v) is 9.23. The number of carboxylic acids is 1. The van der Waals surface area contributed by atoms with Gasteiger partial charge in [-0.25, -0.2) is 13.6 Å². The molecule has 5 nitrogen and oxygen atoms in total. The van der Waals surface area contributed by atoms with Crippen LogP contribution in [-0.2, 0) is 9.47 Å². The standard InChI is InChI=1S/C21H22F2O5/c22-15-6-8-19(26-10-3-11-28-20-4-1-2-9-27-20)17(13-15)14-5-7-16(21(24)25)18(23)12-14/h5-8,12-13,20H,1-4,9-11H2,(H,24,25). The summed E-state index contributed by atoms with van der Waals surface area (Å²) in [6.07, 6.45) is 3.50. The van der Waals surface area contributed by atoms with Gasteiger partial charge in [0.25, 0.3) is 0 Å². The van der Waals surface area contributed by atoms with Gasteiger partial charge < -0.3 is 19.3 Å². The van der Waals surface area contributed by atoms with Crippen molar-refractivity contribution < 1.29 is 32.9 Å². The molecule has 1 fully saturated rings. The molecule has 150 valence electrons. The third-order valence-corrected chi connectivity index (χ3v) is 4.44. The van der Waals surface area contributed by atoms with Crippen LogP contribution in [0, 0.1) is 11.6 Å². The predicted octanol–water partition coefficient (Wildman–Crippen LogP) is 4.64. The number of hydrogen-bond acceptors (Lipinski definition) is 4. The minimum atomic E-state index is -1.36. The highest BCUT2D eigenvalue weighted by Gasteiger charge is 2.15. The van der Waals surface area contributed by atoms with Gasteiger partial charge in [-0.3, -0.25) is 0 Å². The zero-order valence-corrected chi connectivity index (χ0v) is 15.3. The maximum Gasteiger partial charge on any atom is 0.338 e. The Morgan fingerprint density at radius 1 is 1.14 bits per heavy atom. The van der Waals surface area contributed by atoms with Gasteiger partial charge >= 0.3 is 5.97 Å². The van der Waals surface area contributed by atoms with Crippen LogP contribution in [0.15, 0.2) is 36.4 Å². The van der Waals surface area contributed by atoms with Crippen molar-refractivity contribution in [2.45, 2.75) is 32.0 Å². The lowest BCUT2D eigenvalue weighted by atomic mass is 10.0. The summed E-state index contributed by atoms with van der Waals surface area (Å²) >= 11 is 0. The van der Waals surface area contributed by atoms with Gasteiger partial charge in [0.1, 0.15) is 17.4 Å². The highest BCUT2D eigenvalue weighted by atomic mass is 19.1. The number of benzene rings is 2. The van der Waals surface area contributed by atoms with E-state index in [2.05, 4.69) is 0 Å². The van der Waals surface area contributed by atoms with E-state index in [1.165, 1.54) is 24.3 Å². The van der Waals surface area contributed by atoms with Gasteiger partial charge in [0, 0.05) is 18.6 Å². The largest absolute Gasteiger partial charge is 0.493 e.